The van der Waals surface area contributed by atoms with Gasteiger partial charge < -0.3 is 44.2 Å². The predicted octanol–water partition coefficient (Wildman–Crippen LogP) is -5.17. The van der Waals surface area contributed by atoms with Crippen LogP contribution in [0.15, 0.2) is 0 Å². The molecule has 0 saturated heterocycles. The highest BCUT2D eigenvalue weighted by atomic mass is 35.5. The molecule has 0 bridgehead atoms. The third-order valence-electron chi connectivity index (χ3n) is 4.63. The number of nitrogens with zero attached hydrogens (tertiary/aromatic N) is 2. The normalized spacial score (nSPS) is 12.8. The van der Waals surface area contributed by atoms with Gasteiger partial charge in [-0.25, -0.2) is 0 Å². The van der Waals surface area contributed by atoms with Crippen LogP contribution in [0.4, 0.5) is 0 Å². The molecular formula is C16H37Cl2N3O2. The van der Waals surface area contributed by atoms with Crippen LogP contribution in [0.2, 0.25) is 0 Å². The Kier molecular flexibility index (Phi) is 16.0. The van der Waals surface area contributed by atoms with Crippen LogP contribution in [-0.4, -0.2) is 86.0 Å². The molecule has 0 aliphatic heterocycles. The first-order valence-electron chi connectivity index (χ1n) is 8.30. The molecule has 23 heavy (non-hydrogen) atoms. The fraction of sp³-hybridized carbons (Fsp3) is 0.938. The molecule has 0 heterocycles. The predicted molar refractivity (Wildman–Crippen MR) is 87.9 cm³/mol. The summed E-state index contributed by atoms with van der Waals surface area (Å²) in [6.07, 6.45) is 0.662. The van der Waals surface area contributed by atoms with Crippen molar-refractivity contribution in [2.24, 2.45) is 0 Å². The van der Waals surface area contributed by atoms with E-state index in [4.69, 9.17) is 0 Å². The second-order valence-electron chi connectivity index (χ2n) is 6.81. The minimum Gasteiger partial charge on any atom is -1.00 e. The van der Waals surface area contributed by atoms with Crippen molar-refractivity contribution in [1.29, 1.82) is 0 Å². The van der Waals surface area contributed by atoms with Gasteiger partial charge in [-0.2, -0.15) is 0 Å². The Balaban J connectivity index is -0.00000200. The van der Waals surface area contributed by atoms with Gasteiger partial charge in [0.1, 0.15) is 13.1 Å². The second-order valence-corrected chi connectivity index (χ2v) is 6.81. The van der Waals surface area contributed by atoms with Crippen molar-refractivity contribution in [2.45, 2.75) is 40.2 Å². The van der Waals surface area contributed by atoms with E-state index < -0.39 is 0 Å². The third kappa shape index (κ3) is 12.0. The lowest BCUT2D eigenvalue weighted by atomic mass is 10.2. The van der Waals surface area contributed by atoms with E-state index in [1.54, 1.807) is 6.92 Å². The zero-order valence-corrected chi connectivity index (χ0v) is 17.3. The lowest BCUT2D eigenvalue weighted by Gasteiger charge is -2.39. The number of aliphatic hydroxyl groups excluding tert-OH is 1. The lowest BCUT2D eigenvalue weighted by Crippen LogP contribution is -3.00. The summed E-state index contributed by atoms with van der Waals surface area (Å²) in [5, 5.41) is 13.3. The molecule has 1 unspecified atom stereocenters. The molecule has 1 atom stereocenters. The van der Waals surface area contributed by atoms with Gasteiger partial charge in [-0.1, -0.05) is 0 Å². The molecular weight excluding hydrogens is 337 g/mol. The van der Waals surface area contributed by atoms with Crippen LogP contribution in [0.25, 0.3) is 0 Å². The van der Waals surface area contributed by atoms with E-state index >= 15 is 0 Å². The molecule has 0 fully saturated rings. The van der Waals surface area contributed by atoms with Crippen LogP contribution in [0.1, 0.15) is 34.1 Å². The van der Waals surface area contributed by atoms with Crippen LogP contribution in [0.3, 0.4) is 0 Å². The van der Waals surface area contributed by atoms with Crippen molar-refractivity contribution in [3.63, 3.8) is 0 Å². The number of hydrogen-bond donors (Lipinski definition) is 2. The zero-order chi connectivity index (χ0) is 16.5. The molecule has 0 radical (unpaired) electrons. The summed E-state index contributed by atoms with van der Waals surface area (Å²) in [5.74, 6) is 0.0243. The van der Waals surface area contributed by atoms with Gasteiger partial charge in [-0.3, -0.25) is 4.79 Å². The highest BCUT2D eigenvalue weighted by Crippen LogP contribution is 2.10. The molecule has 0 aromatic carbocycles. The SMILES string of the molecule is CC[N+](CC)(CC)CC(O)C[N+](C)(C)CCCNC(C)=O.[Cl-].[Cl-]. The molecule has 0 saturated carbocycles. The minimum absolute atomic E-state index is 0. The monoisotopic (exact) mass is 373 g/mol. The van der Waals surface area contributed by atoms with E-state index in [9.17, 15) is 9.90 Å². The maximum absolute atomic E-state index is 10.8. The number of quaternary nitrogens is 2. The van der Waals surface area contributed by atoms with Crippen LogP contribution in [0, 0.1) is 0 Å². The van der Waals surface area contributed by atoms with Gasteiger partial charge in [-0.05, 0) is 20.8 Å². The Morgan fingerprint density at radius 3 is 1.91 bits per heavy atom. The molecule has 0 aliphatic carbocycles. The minimum atomic E-state index is -0.277. The average Bonchev–Trinajstić information content (AvgIpc) is 2.40. The largest absolute Gasteiger partial charge is 1.00 e. The lowest BCUT2D eigenvalue weighted by molar-refractivity contribution is -0.935. The Morgan fingerprint density at radius 1 is 1.04 bits per heavy atom. The average molecular weight is 374 g/mol. The molecule has 7 heteroatoms. The summed E-state index contributed by atoms with van der Waals surface area (Å²) < 4.78 is 1.77. The summed E-state index contributed by atoms with van der Waals surface area (Å²) in [6, 6.07) is 0. The topological polar surface area (TPSA) is 49.3 Å². The van der Waals surface area contributed by atoms with Gasteiger partial charge in [0, 0.05) is 19.9 Å². The van der Waals surface area contributed by atoms with E-state index in [0.29, 0.717) is 6.54 Å². The fourth-order valence-corrected chi connectivity index (χ4v) is 3.00. The molecule has 0 spiro atoms. The van der Waals surface area contributed by atoms with E-state index in [1.807, 2.05) is 0 Å². The number of nitrogens with one attached hydrogen (secondary N) is 1. The van der Waals surface area contributed by atoms with E-state index in [1.165, 1.54) is 0 Å². The molecule has 0 aromatic rings. The number of likely N-dealkylation sites (N-methyl/N-ethyl adjacent to an activating group) is 2. The molecule has 5 nitrogen and oxygen atoms in total. The number of carbonyl (C=O) groups excluding carboxylic acids is 1. The first-order valence-corrected chi connectivity index (χ1v) is 8.30. The molecule has 0 rings (SSSR count). The van der Waals surface area contributed by atoms with Crippen molar-refractivity contribution in [1.82, 2.24) is 5.32 Å². The van der Waals surface area contributed by atoms with E-state index in [-0.39, 0.29) is 36.8 Å². The number of aliphatic hydroxyl groups is 1. The first-order chi connectivity index (χ1) is 9.70. The maximum atomic E-state index is 10.8. The number of halogens is 2. The number of carbonyl (C=O) groups is 1. The molecule has 2 N–H and O–H groups in total. The third-order valence-corrected chi connectivity index (χ3v) is 4.63. The van der Waals surface area contributed by atoms with Crippen molar-refractivity contribution < 1.29 is 43.7 Å². The van der Waals surface area contributed by atoms with Gasteiger partial charge in [0.2, 0.25) is 5.91 Å². The Labute approximate surface area is 155 Å². The maximum Gasteiger partial charge on any atom is 0.216 e. The molecule has 0 aromatic heterocycles. The highest BCUT2D eigenvalue weighted by molar-refractivity contribution is 5.72. The molecule has 142 valence electrons. The summed E-state index contributed by atoms with van der Waals surface area (Å²) in [5.41, 5.74) is 0. The Bertz CT molecular complexity index is 303. The van der Waals surface area contributed by atoms with E-state index in [0.717, 1.165) is 54.7 Å². The van der Waals surface area contributed by atoms with Crippen LogP contribution >= 0.6 is 0 Å². The fourth-order valence-electron chi connectivity index (χ4n) is 3.00. The zero-order valence-electron chi connectivity index (χ0n) is 15.7. The van der Waals surface area contributed by atoms with E-state index in [2.05, 4.69) is 40.2 Å². The summed E-state index contributed by atoms with van der Waals surface area (Å²) in [4.78, 5) is 10.8. The summed E-state index contributed by atoms with van der Waals surface area (Å²) in [7, 11) is 4.30. The number of rotatable bonds is 11. The van der Waals surface area contributed by atoms with Crippen LogP contribution < -0.4 is 30.1 Å². The van der Waals surface area contributed by atoms with Crippen molar-refractivity contribution >= 4 is 5.91 Å². The van der Waals surface area contributed by atoms with Gasteiger partial charge in [0.05, 0.1) is 40.3 Å². The number of amides is 1. The molecule has 1 amide bonds. The highest BCUT2D eigenvalue weighted by Gasteiger charge is 2.29. The standard InChI is InChI=1S/C16H36N3O2.2ClH/c1-7-19(8-2,9-3)14-16(21)13-18(5,6)12-10-11-17-15(4)20;;/h16,21H,7-14H2,1-6H3;2*1H/q+1;;/p-1. The summed E-state index contributed by atoms with van der Waals surface area (Å²) >= 11 is 0. The Hall–Kier alpha value is -0.0700. The van der Waals surface area contributed by atoms with Gasteiger partial charge in [0.15, 0.2) is 6.10 Å². The smallest absolute Gasteiger partial charge is 0.216 e. The Morgan fingerprint density at radius 2 is 1.52 bits per heavy atom. The van der Waals surface area contributed by atoms with Crippen molar-refractivity contribution in [3.05, 3.63) is 0 Å². The second kappa shape index (κ2) is 13.2. The number of hydrogen-bond acceptors (Lipinski definition) is 2. The van der Waals surface area contributed by atoms with Gasteiger partial charge in [-0.15, -0.1) is 0 Å². The quantitative estimate of drug-likeness (QED) is 0.281. The van der Waals surface area contributed by atoms with Crippen molar-refractivity contribution in [3.8, 4) is 0 Å². The van der Waals surface area contributed by atoms with Crippen LogP contribution in [-0.2, 0) is 4.79 Å². The first kappa shape index (κ1) is 27.8. The summed E-state index contributed by atoms with van der Waals surface area (Å²) in [6.45, 7) is 14.6. The van der Waals surface area contributed by atoms with Gasteiger partial charge in [0.25, 0.3) is 0 Å². The molecule has 0 aliphatic rings. The van der Waals surface area contributed by atoms with Crippen molar-refractivity contribution in [2.75, 3.05) is 59.9 Å². The van der Waals surface area contributed by atoms with Gasteiger partial charge >= 0.3 is 0 Å². The van der Waals surface area contributed by atoms with Crippen LogP contribution in [0.5, 0.6) is 0 Å².